The van der Waals surface area contributed by atoms with E-state index < -0.39 is 0 Å². The molecule has 0 fully saturated rings. The molecule has 0 saturated carbocycles. The molecule has 0 N–H and O–H groups in total. The van der Waals surface area contributed by atoms with Crippen LogP contribution in [0.4, 0.5) is 34.1 Å². The Morgan fingerprint density at radius 2 is 0.625 bits per heavy atom. The first-order valence-corrected chi connectivity index (χ1v) is 19.2. The number of benzene rings is 10. The fourth-order valence-electron chi connectivity index (χ4n) is 8.32. The van der Waals surface area contributed by atoms with Gasteiger partial charge in [0.2, 0.25) is 0 Å². The number of nitrogens with zero attached hydrogens (tertiary/aromatic N) is 2. The Morgan fingerprint density at radius 3 is 1.12 bits per heavy atom. The summed E-state index contributed by atoms with van der Waals surface area (Å²) >= 11 is 0. The monoisotopic (exact) mass is 714 g/mol. The predicted octanol–water partition coefficient (Wildman–Crippen LogP) is 15.4. The number of fused-ring (bicyclic) bond motifs is 3. The minimum Gasteiger partial charge on any atom is -0.310 e. The summed E-state index contributed by atoms with van der Waals surface area (Å²) in [6.45, 7) is 0. The molecule has 0 spiro atoms. The van der Waals surface area contributed by atoms with Gasteiger partial charge >= 0.3 is 0 Å². The van der Waals surface area contributed by atoms with Crippen molar-refractivity contribution in [2.24, 2.45) is 0 Å². The molecule has 10 aromatic rings. The third kappa shape index (κ3) is 5.95. The Balaban J connectivity index is 1.30. The van der Waals surface area contributed by atoms with Crippen molar-refractivity contribution in [3.8, 4) is 22.3 Å². The van der Waals surface area contributed by atoms with Crippen LogP contribution < -0.4 is 9.80 Å². The lowest BCUT2D eigenvalue weighted by molar-refractivity contribution is 1.29. The average molecular weight is 715 g/mol. The first-order valence-electron chi connectivity index (χ1n) is 19.2. The van der Waals surface area contributed by atoms with Crippen LogP contribution in [-0.4, -0.2) is 0 Å². The standard InChI is InChI=1S/C54H38N2/c1-6-20-40(21-7-1)53-49-36-34-46(56(44-29-14-5-15-30-44)52-32-18-24-39-19-16-17-31-47(39)52)38-51(49)54(41-22-8-2-9-23-41)48-35-33-45(37-50(48)53)55(42-25-10-3-11-26-42)43-27-12-4-13-28-43/h1-38H. The van der Waals surface area contributed by atoms with E-state index in [1.54, 1.807) is 0 Å². The maximum absolute atomic E-state index is 2.41. The highest BCUT2D eigenvalue weighted by Gasteiger charge is 2.22. The lowest BCUT2D eigenvalue weighted by Gasteiger charge is -2.28. The minimum atomic E-state index is 1.10. The van der Waals surface area contributed by atoms with Crippen LogP contribution in [-0.2, 0) is 0 Å². The third-order valence-corrected chi connectivity index (χ3v) is 10.8. The average Bonchev–Trinajstić information content (AvgIpc) is 3.27. The van der Waals surface area contributed by atoms with Crippen LogP contribution in [0.2, 0.25) is 0 Å². The number of hydrogen-bond donors (Lipinski definition) is 0. The normalized spacial score (nSPS) is 11.2. The highest BCUT2D eigenvalue weighted by molar-refractivity contribution is 6.22. The fourth-order valence-corrected chi connectivity index (χ4v) is 8.32. The van der Waals surface area contributed by atoms with Crippen LogP contribution in [0.25, 0.3) is 54.6 Å². The zero-order valence-corrected chi connectivity index (χ0v) is 30.8. The molecule has 0 aromatic heterocycles. The molecule has 56 heavy (non-hydrogen) atoms. The van der Waals surface area contributed by atoms with Crippen LogP contribution in [0.3, 0.4) is 0 Å². The molecule has 0 saturated heterocycles. The number of anilines is 6. The van der Waals surface area contributed by atoms with Crippen molar-refractivity contribution in [2.45, 2.75) is 0 Å². The van der Waals surface area contributed by atoms with Crippen molar-refractivity contribution in [3.05, 3.63) is 231 Å². The molecule has 264 valence electrons. The SMILES string of the molecule is c1ccc(-c2c3ccc(N(c4ccccc4)c4cccc5ccccc45)cc3c(-c3ccccc3)c3ccc(N(c4ccccc4)c4ccccc4)cc23)cc1. The topological polar surface area (TPSA) is 6.48 Å². The second-order valence-corrected chi connectivity index (χ2v) is 14.1. The molecule has 0 atom stereocenters. The van der Waals surface area contributed by atoms with Crippen LogP contribution >= 0.6 is 0 Å². The van der Waals surface area contributed by atoms with Gasteiger partial charge in [0.25, 0.3) is 0 Å². The summed E-state index contributed by atoms with van der Waals surface area (Å²) in [5, 5.41) is 7.25. The maximum atomic E-state index is 2.41. The van der Waals surface area contributed by atoms with Crippen molar-refractivity contribution in [1.82, 2.24) is 0 Å². The van der Waals surface area contributed by atoms with Gasteiger partial charge in [0.15, 0.2) is 0 Å². The van der Waals surface area contributed by atoms with Crippen molar-refractivity contribution >= 4 is 66.4 Å². The second-order valence-electron chi connectivity index (χ2n) is 14.1. The van der Waals surface area contributed by atoms with Crippen molar-refractivity contribution < 1.29 is 0 Å². The summed E-state index contributed by atoms with van der Waals surface area (Å²) in [4.78, 5) is 4.76. The number of para-hydroxylation sites is 3. The van der Waals surface area contributed by atoms with Crippen LogP contribution in [0.1, 0.15) is 0 Å². The van der Waals surface area contributed by atoms with E-state index in [9.17, 15) is 0 Å². The van der Waals surface area contributed by atoms with Crippen LogP contribution in [0.15, 0.2) is 231 Å². The summed E-state index contributed by atoms with van der Waals surface area (Å²) < 4.78 is 0. The molecule has 0 aliphatic carbocycles. The lowest BCUT2D eigenvalue weighted by Crippen LogP contribution is -2.10. The number of rotatable bonds is 8. The molecule has 2 heteroatoms. The molecule has 0 aliphatic heterocycles. The molecule has 0 bridgehead atoms. The summed E-state index contributed by atoms with van der Waals surface area (Å²) in [5.41, 5.74) is 11.5. The molecule has 0 unspecified atom stereocenters. The molecule has 0 aliphatic rings. The van der Waals surface area contributed by atoms with Crippen LogP contribution in [0, 0.1) is 0 Å². The van der Waals surface area contributed by atoms with Crippen LogP contribution in [0.5, 0.6) is 0 Å². The zero-order valence-electron chi connectivity index (χ0n) is 30.8. The summed E-state index contributed by atoms with van der Waals surface area (Å²) in [6, 6.07) is 83.1. The van der Waals surface area contributed by atoms with Crippen molar-refractivity contribution in [3.63, 3.8) is 0 Å². The fraction of sp³-hybridized carbons (Fsp3) is 0. The predicted molar refractivity (Wildman–Crippen MR) is 239 cm³/mol. The lowest BCUT2D eigenvalue weighted by atomic mass is 9.85. The molecular formula is C54H38N2. The van der Waals surface area contributed by atoms with Gasteiger partial charge in [-0.15, -0.1) is 0 Å². The Morgan fingerprint density at radius 1 is 0.232 bits per heavy atom. The smallest absolute Gasteiger partial charge is 0.0540 e. The van der Waals surface area contributed by atoms with Gasteiger partial charge in [0, 0.05) is 33.8 Å². The molecule has 0 heterocycles. The van der Waals surface area contributed by atoms with E-state index in [0.29, 0.717) is 0 Å². The highest BCUT2D eigenvalue weighted by atomic mass is 15.1. The van der Waals surface area contributed by atoms with E-state index in [0.717, 1.165) is 34.1 Å². The Hall–Kier alpha value is -7.42. The van der Waals surface area contributed by atoms with E-state index in [2.05, 4.69) is 240 Å². The summed E-state index contributed by atoms with van der Waals surface area (Å²) in [5.74, 6) is 0. The molecule has 0 radical (unpaired) electrons. The first kappa shape index (κ1) is 33.2. The van der Waals surface area contributed by atoms with Gasteiger partial charge in [0.1, 0.15) is 0 Å². The Labute approximate surface area is 327 Å². The molecule has 10 aromatic carbocycles. The van der Waals surface area contributed by atoms with Gasteiger partial charge in [-0.2, -0.15) is 0 Å². The quantitative estimate of drug-likeness (QED) is 0.145. The summed E-state index contributed by atoms with van der Waals surface area (Å²) in [6.07, 6.45) is 0. The zero-order chi connectivity index (χ0) is 37.3. The van der Waals surface area contributed by atoms with Gasteiger partial charge in [-0.05, 0) is 116 Å². The van der Waals surface area contributed by atoms with Gasteiger partial charge in [-0.25, -0.2) is 0 Å². The molecular weight excluding hydrogens is 677 g/mol. The molecule has 10 rings (SSSR count). The van der Waals surface area contributed by atoms with Gasteiger partial charge < -0.3 is 9.80 Å². The van der Waals surface area contributed by atoms with Gasteiger partial charge in [0.05, 0.1) is 5.69 Å². The highest BCUT2D eigenvalue weighted by Crippen LogP contribution is 2.48. The van der Waals surface area contributed by atoms with E-state index in [4.69, 9.17) is 0 Å². The Bertz CT molecular complexity index is 2900. The van der Waals surface area contributed by atoms with Gasteiger partial charge in [-0.1, -0.05) is 164 Å². The van der Waals surface area contributed by atoms with E-state index in [-0.39, 0.29) is 0 Å². The van der Waals surface area contributed by atoms with Gasteiger partial charge in [-0.3, -0.25) is 0 Å². The Kier molecular flexibility index (Phi) is 8.55. The third-order valence-electron chi connectivity index (χ3n) is 10.8. The summed E-state index contributed by atoms with van der Waals surface area (Å²) in [7, 11) is 0. The largest absolute Gasteiger partial charge is 0.310 e. The van der Waals surface area contributed by atoms with E-state index >= 15 is 0 Å². The van der Waals surface area contributed by atoms with Crippen molar-refractivity contribution in [2.75, 3.05) is 9.80 Å². The van der Waals surface area contributed by atoms with Crippen molar-refractivity contribution in [1.29, 1.82) is 0 Å². The second kappa shape index (κ2) is 14.4. The minimum absolute atomic E-state index is 1.10. The molecule has 0 amide bonds. The number of hydrogen-bond acceptors (Lipinski definition) is 2. The molecule has 2 nitrogen and oxygen atoms in total. The van der Waals surface area contributed by atoms with E-state index in [1.165, 1.54) is 54.6 Å². The first-order chi connectivity index (χ1) is 27.8. The maximum Gasteiger partial charge on any atom is 0.0540 e. The van der Waals surface area contributed by atoms with E-state index in [1.807, 2.05) is 0 Å².